The highest BCUT2D eigenvalue weighted by molar-refractivity contribution is 5.87. The van der Waals surface area contributed by atoms with Crippen LogP contribution in [0.4, 0.5) is 0 Å². The standard InChI is InChI=1S/C15H18O2/c1-2-12-3-5-13(6-4-12)9-10-15(16)17-11-14-7-8-14/h3-6,9-10,14H,2,7-8,11H2,1H3/b10-9+. The summed E-state index contributed by atoms with van der Waals surface area (Å²) in [5.74, 6) is 0.382. The molecule has 0 aromatic heterocycles. The first kappa shape index (κ1) is 11.9. The minimum Gasteiger partial charge on any atom is -0.462 e. The molecular formula is C15H18O2. The highest BCUT2D eigenvalue weighted by Gasteiger charge is 2.22. The topological polar surface area (TPSA) is 26.3 Å². The highest BCUT2D eigenvalue weighted by Crippen LogP contribution is 2.28. The summed E-state index contributed by atoms with van der Waals surface area (Å²) in [6.45, 7) is 2.71. The number of carbonyl (C=O) groups is 1. The van der Waals surface area contributed by atoms with E-state index in [2.05, 4.69) is 19.1 Å². The number of hydrogen-bond donors (Lipinski definition) is 0. The molecule has 0 atom stereocenters. The molecule has 0 heterocycles. The Kier molecular flexibility index (Phi) is 3.97. The minimum atomic E-state index is -0.239. The Morgan fingerprint density at radius 2 is 2.06 bits per heavy atom. The Morgan fingerprint density at radius 3 is 2.65 bits per heavy atom. The van der Waals surface area contributed by atoms with E-state index >= 15 is 0 Å². The van der Waals surface area contributed by atoms with Crippen LogP contribution in [0.25, 0.3) is 6.08 Å². The van der Waals surface area contributed by atoms with E-state index in [4.69, 9.17) is 4.74 Å². The summed E-state index contributed by atoms with van der Waals surface area (Å²) in [6.07, 6.45) is 6.75. The molecule has 17 heavy (non-hydrogen) atoms. The van der Waals surface area contributed by atoms with Crippen LogP contribution in [0, 0.1) is 5.92 Å². The van der Waals surface area contributed by atoms with E-state index in [1.165, 1.54) is 24.5 Å². The van der Waals surface area contributed by atoms with Crippen molar-refractivity contribution in [3.63, 3.8) is 0 Å². The first-order chi connectivity index (χ1) is 8.28. The molecule has 2 nitrogen and oxygen atoms in total. The largest absolute Gasteiger partial charge is 0.462 e. The maximum absolute atomic E-state index is 11.4. The van der Waals surface area contributed by atoms with E-state index in [1.807, 2.05) is 12.1 Å². The van der Waals surface area contributed by atoms with Gasteiger partial charge in [0.05, 0.1) is 6.61 Å². The van der Waals surface area contributed by atoms with Gasteiger partial charge in [-0.3, -0.25) is 0 Å². The fraction of sp³-hybridized carbons (Fsp3) is 0.400. The molecule has 0 bridgehead atoms. The van der Waals surface area contributed by atoms with Crippen LogP contribution in [0.5, 0.6) is 0 Å². The maximum atomic E-state index is 11.4. The van der Waals surface area contributed by atoms with Gasteiger partial charge in [0.1, 0.15) is 0 Å². The molecule has 2 heteroatoms. The Labute approximate surface area is 102 Å². The van der Waals surface area contributed by atoms with Gasteiger partial charge >= 0.3 is 5.97 Å². The molecular weight excluding hydrogens is 212 g/mol. The summed E-state index contributed by atoms with van der Waals surface area (Å²) in [7, 11) is 0. The van der Waals surface area contributed by atoms with Gasteiger partial charge in [0.25, 0.3) is 0 Å². The molecule has 0 amide bonds. The Morgan fingerprint density at radius 1 is 1.35 bits per heavy atom. The van der Waals surface area contributed by atoms with Crippen molar-refractivity contribution in [1.82, 2.24) is 0 Å². The summed E-state index contributed by atoms with van der Waals surface area (Å²) >= 11 is 0. The first-order valence-corrected chi connectivity index (χ1v) is 6.21. The minimum absolute atomic E-state index is 0.239. The lowest BCUT2D eigenvalue weighted by Crippen LogP contribution is -2.03. The summed E-state index contributed by atoms with van der Waals surface area (Å²) in [5.41, 5.74) is 2.34. The van der Waals surface area contributed by atoms with Crippen LogP contribution in [0.15, 0.2) is 30.3 Å². The molecule has 2 rings (SSSR count). The lowest BCUT2D eigenvalue weighted by Gasteiger charge is -1.99. The monoisotopic (exact) mass is 230 g/mol. The molecule has 0 N–H and O–H groups in total. The number of esters is 1. The van der Waals surface area contributed by atoms with E-state index in [9.17, 15) is 4.79 Å². The summed E-state index contributed by atoms with van der Waals surface area (Å²) in [5, 5.41) is 0. The third kappa shape index (κ3) is 4.06. The SMILES string of the molecule is CCc1ccc(/C=C/C(=O)OCC2CC2)cc1. The fourth-order valence-electron chi connectivity index (χ4n) is 1.56. The second kappa shape index (κ2) is 5.67. The van der Waals surface area contributed by atoms with Crippen molar-refractivity contribution in [3.05, 3.63) is 41.5 Å². The molecule has 0 unspecified atom stereocenters. The average molecular weight is 230 g/mol. The van der Waals surface area contributed by atoms with Gasteiger partial charge in [-0.05, 0) is 42.4 Å². The smallest absolute Gasteiger partial charge is 0.330 e. The van der Waals surface area contributed by atoms with Gasteiger partial charge in [0.15, 0.2) is 0 Å². The van der Waals surface area contributed by atoms with E-state index in [1.54, 1.807) is 6.08 Å². The molecule has 1 saturated carbocycles. The Bertz CT molecular complexity index is 399. The van der Waals surface area contributed by atoms with Gasteiger partial charge in [0, 0.05) is 6.08 Å². The van der Waals surface area contributed by atoms with Gasteiger partial charge < -0.3 is 4.74 Å². The molecule has 1 aliphatic carbocycles. The zero-order valence-corrected chi connectivity index (χ0v) is 10.2. The normalized spacial score (nSPS) is 15.1. The number of aryl methyl sites for hydroxylation is 1. The Hall–Kier alpha value is -1.57. The number of hydrogen-bond acceptors (Lipinski definition) is 2. The van der Waals surface area contributed by atoms with Crippen molar-refractivity contribution in [2.45, 2.75) is 26.2 Å². The molecule has 0 radical (unpaired) electrons. The second-order valence-electron chi connectivity index (χ2n) is 4.50. The number of ether oxygens (including phenoxy) is 1. The summed E-state index contributed by atoms with van der Waals surface area (Å²) in [4.78, 5) is 11.4. The molecule has 0 aliphatic heterocycles. The van der Waals surface area contributed by atoms with E-state index in [0.717, 1.165) is 12.0 Å². The van der Waals surface area contributed by atoms with E-state index in [-0.39, 0.29) is 5.97 Å². The molecule has 1 aromatic carbocycles. The van der Waals surface area contributed by atoms with Crippen LogP contribution in [-0.2, 0) is 16.0 Å². The van der Waals surface area contributed by atoms with Crippen LogP contribution < -0.4 is 0 Å². The molecule has 0 saturated heterocycles. The zero-order valence-electron chi connectivity index (χ0n) is 10.2. The van der Waals surface area contributed by atoms with Crippen molar-refractivity contribution in [2.24, 2.45) is 5.92 Å². The van der Waals surface area contributed by atoms with Crippen LogP contribution in [0.1, 0.15) is 30.9 Å². The number of benzene rings is 1. The van der Waals surface area contributed by atoms with E-state index in [0.29, 0.717) is 12.5 Å². The highest BCUT2D eigenvalue weighted by atomic mass is 16.5. The van der Waals surface area contributed by atoms with Crippen LogP contribution in [0.2, 0.25) is 0 Å². The molecule has 90 valence electrons. The first-order valence-electron chi connectivity index (χ1n) is 6.21. The van der Waals surface area contributed by atoms with Gasteiger partial charge in [-0.1, -0.05) is 31.2 Å². The van der Waals surface area contributed by atoms with Crippen molar-refractivity contribution in [3.8, 4) is 0 Å². The maximum Gasteiger partial charge on any atom is 0.330 e. The third-order valence-corrected chi connectivity index (χ3v) is 2.96. The lowest BCUT2D eigenvalue weighted by atomic mass is 10.1. The number of carbonyl (C=O) groups excluding carboxylic acids is 1. The van der Waals surface area contributed by atoms with Gasteiger partial charge in [-0.25, -0.2) is 4.79 Å². The second-order valence-corrected chi connectivity index (χ2v) is 4.50. The quantitative estimate of drug-likeness (QED) is 0.573. The van der Waals surface area contributed by atoms with Crippen LogP contribution >= 0.6 is 0 Å². The van der Waals surface area contributed by atoms with Gasteiger partial charge in [-0.15, -0.1) is 0 Å². The summed E-state index contributed by atoms with van der Waals surface area (Å²) < 4.78 is 5.11. The molecule has 0 spiro atoms. The van der Waals surface area contributed by atoms with Crippen molar-refractivity contribution >= 4 is 12.0 Å². The zero-order chi connectivity index (χ0) is 12.1. The fourth-order valence-corrected chi connectivity index (χ4v) is 1.56. The lowest BCUT2D eigenvalue weighted by molar-refractivity contribution is -0.138. The van der Waals surface area contributed by atoms with Crippen molar-refractivity contribution in [2.75, 3.05) is 6.61 Å². The van der Waals surface area contributed by atoms with Crippen LogP contribution in [-0.4, -0.2) is 12.6 Å². The third-order valence-electron chi connectivity index (χ3n) is 2.96. The van der Waals surface area contributed by atoms with Crippen molar-refractivity contribution < 1.29 is 9.53 Å². The Balaban J connectivity index is 1.82. The molecule has 1 aromatic rings. The van der Waals surface area contributed by atoms with Gasteiger partial charge in [0.2, 0.25) is 0 Å². The van der Waals surface area contributed by atoms with Gasteiger partial charge in [-0.2, -0.15) is 0 Å². The molecule has 1 aliphatic rings. The predicted molar refractivity (Wildman–Crippen MR) is 68.5 cm³/mol. The van der Waals surface area contributed by atoms with Crippen molar-refractivity contribution in [1.29, 1.82) is 0 Å². The molecule has 1 fully saturated rings. The number of rotatable bonds is 5. The van der Waals surface area contributed by atoms with Crippen LogP contribution in [0.3, 0.4) is 0 Å². The predicted octanol–water partition coefficient (Wildman–Crippen LogP) is 3.22. The van der Waals surface area contributed by atoms with E-state index < -0.39 is 0 Å². The average Bonchev–Trinajstić information content (AvgIpc) is 3.18. The summed E-state index contributed by atoms with van der Waals surface area (Å²) in [6, 6.07) is 8.19.